The Hall–Kier alpha value is -1.42. The third kappa shape index (κ3) is 5.06. The number of hydrogen-bond acceptors (Lipinski definition) is 6. The van der Waals surface area contributed by atoms with Gasteiger partial charge in [-0.15, -0.1) is 0 Å². The van der Waals surface area contributed by atoms with Crippen molar-refractivity contribution in [1.29, 1.82) is 0 Å². The van der Waals surface area contributed by atoms with Gasteiger partial charge in [0, 0.05) is 22.8 Å². The van der Waals surface area contributed by atoms with E-state index in [1.54, 1.807) is 0 Å². The second kappa shape index (κ2) is 8.51. The Balaban J connectivity index is 2.54. The lowest BCUT2D eigenvalue weighted by Crippen LogP contribution is -2.17. The molecule has 0 atom stereocenters. The molecule has 0 aliphatic carbocycles. The minimum atomic E-state index is -3.79. The number of benzene rings is 1. The fourth-order valence-corrected chi connectivity index (χ4v) is 4.07. The van der Waals surface area contributed by atoms with Gasteiger partial charge >= 0.3 is 5.97 Å². The van der Waals surface area contributed by atoms with Gasteiger partial charge in [0.15, 0.2) is 5.76 Å². The van der Waals surface area contributed by atoms with Crippen LogP contribution in [0.25, 0.3) is 11.3 Å². The SMILES string of the molecule is CC(=O)Oc1c(NS(=O)(=O)CCCBr)oc(-c2cc(Cl)ccc2Cl)c1O. The van der Waals surface area contributed by atoms with Crippen LogP contribution in [-0.4, -0.2) is 30.6 Å². The first-order valence-electron chi connectivity index (χ1n) is 7.20. The summed E-state index contributed by atoms with van der Waals surface area (Å²) in [6.45, 7) is 1.10. The number of carbonyl (C=O) groups is 1. The molecule has 2 rings (SSSR count). The number of sulfonamides is 1. The van der Waals surface area contributed by atoms with Crippen LogP contribution in [0.15, 0.2) is 22.6 Å². The first-order chi connectivity index (χ1) is 12.1. The number of halogens is 3. The molecule has 7 nitrogen and oxygen atoms in total. The van der Waals surface area contributed by atoms with Crippen LogP contribution < -0.4 is 9.46 Å². The van der Waals surface area contributed by atoms with E-state index in [0.29, 0.717) is 16.8 Å². The van der Waals surface area contributed by atoms with E-state index >= 15 is 0 Å². The second-order valence-electron chi connectivity index (χ2n) is 5.12. The van der Waals surface area contributed by atoms with Crippen molar-refractivity contribution in [2.75, 3.05) is 15.8 Å². The number of rotatable bonds is 7. The van der Waals surface area contributed by atoms with E-state index in [-0.39, 0.29) is 22.1 Å². The molecular weight excluding hydrogens is 473 g/mol. The molecule has 0 aliphatic heterocycles. The third-order valence-electron chi connectivity index (χ3n) is 3.05. The molecule has 142 valence electrons. The van der Waals surface area contributed by atoms with Crippen LogP contribution in [0.3, 0.4) is 0 Å². The Kier molecular flexibility index (Phi) is 6.84. The molecule has 0 spiro atoms. The van der Waals surface area contributed by atoms with Crippen LogP contribution >= 0.6 is 39.1 Å². The highest BCUT2D eigenvalue weighted by Gasteiger charge is 2.28. The monoisotopic (exact) mass is 485 g/mol. The van der Waals surface area contributed by atoms with Gasteiger partial charge in [-0.2, -0.15) is 0 Å². The normalized spacial score (nSPS) is 11.4. The summed E-state index contributed by atoms with van der Waals surface area (Å²) in [6.07, 6.45) is 0.345. The summed E-state index contributed by atoms with van der Waals surface area (Å²) in [5.41, 5.74) is 0.205. The van der Waals surface area contributed by atoms with Crippen molar-refractivity contribution < 1.29 is 27.5 Å². The first kappa shape index (κ1) is 20.9. The van der Waals surface area contributed by atoms with Crippen LogP contribution in [-0.2, 0) is 14.8 Å². The molecule has 0 saturated carbocycles. The number of hydrogen-bond donors (Lipinski definition) is 2. The maximum atomic E-state index is 12.1. The molecule has 1 heterocycles. The molecule has 0 fully saturated rings. The highest BCUT2D eigenvalue weighted by Crippen LogP contribution is 2.48. The maximum absolute atomic E-state index is 12.1. The summed E-state index contributed by atoms with van der Waals surface area (Å²) in [6, 6.07) is 4.43. The first-order valence-corrected chi connectivity index (χ1v) is 10.7. The fraction of sp³-hybridized carbons (Fsp3) is 0.267. The molecule has 1 aromatic carbocycles. The predicted octanol–water partition coefficient (Wildman–Crippen LogP) is 4.41. The largest absolute Gasteiger partial charge is 0.502 e. The molecule has 0 radical (unpaired) electrons. The molecule has 0 saturated heterocycles. The van der Waals surface area contributed by atoms with Crippen molar-refractivity contribution in [2.24, 2.45) is 0 Å². The van der Waals surface area contributed by atoms with E-state index < -0.39 is 33.4 Å². The van der Waals surface area contributed by atoms with Crippen LogP contribution in [0, 0.1) is 0 Å². The Bertz CT molecular complexity index is 928. The van der Waals surface area contributed by atoms with Crippen LogP contribution in [0.5, 0.6) is 11.5 Å². The van der Waals surface area contributed by atoms with Crippen molar-refractivity contribution in [3.05, 3.63) is 28.2 Å². The quantitative estimate of drug-likeness (QED) is 0.443. The van der Waals surface area contributed by atoms with Gasteiger partial charge in [0.1, 0.15) is 0 Å². The molecule has 0 bridgehead atoms. The zero-order valence-corrected chi connectivity index (χ0v) is 17.3. The van der Waals surface area contributed by atoms with E-state index in [4.69, 9.17) is 32.4 Å². The number of ether oxygens (including phenoxy) is 1. The number of nitrogens with one attached hydrogen (secondary N) is 1. The number of alkyl halides is 1. The average molecular weight is 487 g/mol. The molecule has 2 N–H and O–H groups in total. The molecular formula is C15H14BrCl2NO6S. The fourth-order valence-electron chi connectivity index (χ4n) is 2.00. The van der Waals surface area contributed by atoms with E-state index in [0.717, 1.165) is 6.92 Å². The Morgan fingerprint density at radius 1 is 1.38 bits per heavy atom. The predicted molar refractivity (Wildman–Crippen MR) is 103 cm³/mol. The van der Waals surface area contributed by atoms with E-state index in [1.165, 1.54) is 18.2 Å². The maximum Gasteiger partial charge on any atom is 0.308 e. The van der Waals surface area contributed by atoms with E-state index in [1.807, 2.05) is 0 Å². The minimum Gasteiger partial charge on any atom is -0.502 e. The highest BCUT2D eigenvalue weighted by molar-refractivity contribution is 9.09. The van der Waals surface area contributed by atoms with Gasteiger partial charge < -0.3 is 14.3 Å². The lowest BCUT2D eigenvalue weighted by atomic mass is 10.1. The number of aromatic hydroxyl groups is 1. The molecule has 1 aromatic heterocycles. The van der Waals surface area contributed by atoms with Crippen molar-refractivity contribution in [1.82, 2.24) is 0 Å². The summed E-state index contributed by atoms with van der Waals surface area (Å²) in [5, 5.41) is 11.4. The van der Waals surface area contributed by atoms with Gasteiger partial charge in [0.25, 0.3) is 5.88 Å². The standard InChI is InChI=1S/C15H14BrCl2NO6S/c1-8(20)24-14-12(21)13(10-7-9(17)3-4-11(10)18)25-15(14)19-26(22,23)6-2-5-16/h3-4,7,19,21H,2,5-6H2,1H3. The van der Waals surface area contributed by atoms with Gasteiger partial charge in [-0.1, -0.05) is 39.1 Å². The lowest BCUT2D eigenvalue weighted by Gasteiger charge is -2.06. The smallest absolute Gasteiger partial charge is 0.308 e. The number of anilines is 1. The number of carbonyl (C=O) groups excluding carboxylic acids is 1. The number of furan rings is 1. The summed E-state index contributed by atoms with van der Waals surface area (Å²) in [4.78, 5) is 11.3. The van der Waals surface area contributed by atoms with Crippen LogP contribution in [0.1, 0.15) is 13.3 Å². The minimum absolute atomic E-state index is 0.188. The van der Waals surface area contributed by atoms with Gasteiger partial charge in [-0.25, -0.2) is 13.1 Å². The Morgan fingerprint density at radius 3 is 2.69 bits per heavy atom. The molecule has 0 unspecified atom stereocenters. The van der Waals surface area contributed by atoms with Crippen LogP contribution in [0.4, 0.5) is 5.88 Å². The molecule has 0 amide bonds. The van der Waals surface area contributed by atoms with Gasteiger partial charge in [-0.3, -0.25) is 4.79 Å². The van der Waals surface area contributed by atoms with Gasteiger partial charge in [0.2, 0.25) is 21.5 Å². The molecule has 2 aromatic rings. The zero-order valence-electron chi connectivity index (χ0n) is 13.4. The zero-order chi connectivity index (χ0) is 19.5. The molecule has 26 heavy (non-hydrogen) atoms. The summed E-state index contributed by atoms with van der Waals surface area (Å²) >= 11 is 15.2. The number of esters is 1. The van der Waals surface area contributed by atoms with E-state index in [9.17, 15) is 18.3 Å². The summed E-state index contributed by atoms with van der Waals surface area (Å²) < 4.78 is 36.7. The van der Waals surface area contributed by atoms with E-state index in [2.05, 4.69) is 20.7 Å². The second-order valence-corrected chi connectivity index (χ2v) is 8.60. The van der Waals surface area contributed by atoms with Crippen molar-refractivity contribution in [3.8, 4) is 22.8 Å². The Morgan fingerprint density at radius 2 is 2.08 bits per heavy atom. The van der Waals surface area contributed by atoms with Crippen molar-refractivity contribution >= 4 is 61.0 Å². The lowest BCUT2D eigenvalue weighted by molar-refractivity contribution is -0.131. The van der Waals surface area contributed by atoms with Crippen LogP contribution in [0.2, 0.25) is 10.0 Å². The third-order valence-corrected chi connectivity index (χ3v) is 5.50. The van der Waals surface area contributed by atoms with Crippen molar-refractivity contribution in [3.63, 3.8) is 0 Å². The van der Waals surface area contributed by atoms with Crippen molar-refractivity contribution in [2.45, 2.75) is 13.3 Å². The summed E-state index contributed by atoms with van der Waals surface area (Å²) in [7, 11) is -3.79. The van der Waals surface area contributed by atoms with Gasteiger partial charge in [-0.05, 0) is 24.6 Å². The highest BCUT2D eigenvalue weighted by atomic mass is 79.9. The molecule has 0 aliphatic rings. The molecule has 11 heteroatoms. The topological polar surface area (TPSA) is 106 Å². The Labute approximate surface area is 168 Å². The van der Waals surface area contributed by atoms with Gasteiger partial charge in [0.05, 0.1) is 10.8 Å². The summed E-state index contributed by atoms with van der Waals surface area (Å²) in [5.74, 6) is -2.63. The average Bonchev–Trinajstić information content (AvgIpc) is 2.83.